The number of amides is 1. The number of benzene rings is 2. The summed E-state index contributed by atoms with van der Waals surface area (Å²) in [6.45, 7) is 5.88. The summed E-state index contributed by atoms with van der Waals surface area (Å²) in [7, 11) is 6.24. The highest BCUT2D eigenvalue weighted by Crippen LogP contribution is 2.40. The molecule has 0 aliphatic carbocycles. The van der Waals surface area contributed by atoms with Gasteiger partial charge in [0.25, 0.3) is 5.91 Å². The molecule has 33 heavy (non-hydrogen) atoms. The number of aromatic nitrogens is 2. The first-order valence-electron chi connectivity index (χ1n) is 10.5. The maximum Gasteiger partial charge on any atom is 0.253 e. The van der Waals surface area contributed by atoms with E-state index in [1.165, 1.54) is 0 Å². The molecular formula is C24H31N5O4. The van der Waals surface area contributed by atoms with Crippen molar-refractivity contribution in [2.24, 2.45) is 0 Å². The molecule has 2 aromatic carbocycles. The van der Waals surface area contributed by atoms with E-state index < -0.39 is 0 Å². The number of para-hydroxylation sites is 1. The van der Waals surface area contributed by atoms with Crippen LogP contribution >= 0.6 is 0 Å². The third kappa shape index (κ3) is 6.03. The molecule has 0 atom stereocenters. The molecule has 0 unspecified atom stereocenters. The van der Waals surface area contributed by atoms with Gasteiger partial charge in [0.1, 0.15) is 5.82 Å². The van der Waals surface area contributed by atoms with Crippen molar-refractivity contribution in [1.82, 2.24) is 15.3 Å². The monoisotopic (exact) mass is 453 g/mol. The summed E-state index contributed by atoms with van der Waals surface area (Å²) in [6, 6.07) is 10.7. The molecule has 9 nitrogen and oxygen atoms in total. The molecule has 3 rings (SSSR count). The zero-order valence-electron chi connectivity index (χ0n) is 20.1. The Bertz CT molecular complexity index is 1060. The molecule has 1 heterocycles. The van der Waals surface area contributed by atoms with Crippen molar-refractivity contribution in [1.29, 1.82) is 0 Å². The lowest BCUT2D eigenvalue weighted by molar-refractivity contribution is 0.0964. The van der Waals surface area contributed by atoms with Gasteiger partial charge in [-0.3, -0.25) is 4.79 Å². The number of hydrogen-bond acceptors (Lipinski definition) is 8. The van der Waals surface area contributed by atoms with Crippen LogP contribution in [0.3, 0.4) is 0 Å². The average molecular weight is 454 g/mol. The predicted octanol–water partition coefficient (Wildman–Crippen LogP) is 4.68. The van der Waals surface area contributed by atoms with Gasteiger partial charge < -0.3 is 30.2 Å². The number of carbonyl (C=O) groups is 1. The molecule has 0 spiro atoms. The first-order valence-corrected chi connectivity index (χ1v) is 10.5. The van der Waals surface area contributed by atoms with Crippen LogP contribution in [0.4, 0.5) is 23.1 Å². The summed E-state index contributed by atoms with van der Waals surface area (Å²) in [5.74, 6) is 2.25. The van der Waals surface area contributed by atoms with Crippen LogP contribution in [-0.2, 0) is 0 Å². The van der Waals surface area contributed by atoms with Crippen molar-refractivity contribution in [3.63, 3.8) is 0 Å². The fourth-order valence-corrected chi connectivity index (χ4v) is 2.96. The minimum Gasteiger partial charge on any atom is -0.493 e. The van der Waals surface area contributed by atoms with Gasteiger partial charge in [0.2, 0.25) is 11.7 Å². The summed E-state index contributed by atoms with van der Waals surface area (Å²) in [5, 5.41) is 9.01. The number of hydrogen-bond donors (Lipinski definition) is 3. The van der Waals surface area contributed by atoms with Crippen molar-refractivity contribution in [3.8, 4) is 17.2 Å². The molecule has 0 fully saturated rings. The largest absolute Gasteiger partial charge is 0.493 e. The van der Waals surface area contributed by atoms with Gasteiger partial charge in [0.05, 0.1) is 32.6 Å². The topological polar surface area (TPSA) is 107 Å². The molecule has 0 bridgehead atoms. The first-order chi connectivity index (χ1) is 16.0. The second-order valence-corrected chi connectivity index (χ2v) is 6.51. The fraction of sp³-hybridized carbons (Fsp3) is 0.292. The molecule has 9 heteroatoms. The average Bonchev–Trinajstić information content (AvgIpc) is 2.86. The first kappa shape index (κ1) is 25.3. The van der Waals surface area contributed by atoms with Gasteiger partial charge in [0, 0.05) is 36.6 Å². The van der Waals surface area contributed by atoms with Crippen LogP contribution in [0.15, 0.2) is 42.6 Å². The second-order valence-electron chi connectivity index (χ2n) is 6.51. The molecule has 176 valence electrons. The molecule has 0 aliphatic rings. The van der Waals surface area contributed by atoms with Crippen molar-refractivity contribution < 1.29 is 19.0 Å². The second kappa shape index (κ2) is 12.1. The number of aryl methyl sites for hydroxylation is 1. The minimum absolute atomic E-state index is 0.189. The lowest BCUT2D eigenvalue weighted by Gasteiger charge is -2.16. The van der Waals surface area contributed by atoms with E-state index in [-0.39, 0.29) is 5.91 Å². The molecule has 0 saturated heterocycles. The molecule has 0 radical (unpaired) electrons. The Kier molecular flexibility index (Phi) is 9.29. The van der Waals surface area contributed by atoms with E-state index in [1.807, 2.05) is 32.9 Å². The summed E-state index contributed by atoms with van der Waals surface area (Å²) >= 11 is 0. The molecule has 3 N–H and O–H groups in total. The summed E-state index contributed by atoms with van der Waals surface area (Å²) in [5.41, 5.74) is 2.64. The van der Waals surface area contributed by atoms with Gasteiger partial charge in [0.15, 0.2) is 11.5 Å². The molecule has 3 aromatic rings. The van der Waals surface area contributed by atoms with Crippen molar-refractivity contribution in [3.05, 3.63) is 53.7 Å². The number of anilines is 4. The Labute approximate surface area is 194 Å². The van der Waals surface area contributed by atoms with Crippen LogP contribution in [0.1, 0.15) is 29.8 Å². The smallest absolute Gasteiger partial charge is 0.253 e. The number of nitrogens with zero attached hydrogens (tertiary/aromatic N) is 2. The van der Waals surface area contributed by atoms with Gasteiger partial charge in [-0.15, -0.1) is 0 Å². The van der Waals surface area contributed by atoms with E-state index in [9.17, 15) is 4.79 Å². The summed E-state index contributed by atoms with van der Waals surface area (Å²) in [4.78, 5) is 21.1. The third-order valence-corrected chi connectivity index (χ3v) is 4.54. The standard InChI is InChI=1S/C22H25N5O4.C2H6/c1-13-12-24-22(25-14-10-17(29-3)19(31-5)18(11-14)30-4)27-20(13)26-16-9-7-6-8-15(16)21(28)23-2;1-2/h6-12H,1-5H3,(H,23,28)(H2,24,25,26,27);1-2H3. The van der Waals surface area contributed by atoms with Crippen molar-refractivity contribution in [2.75, 3.05) is 39.0 Å². The van der Waals surface area contributed by atoms with Crippen LogP contribution in [0.2, 0.25) is 0 Å². The van der Waals surface area contributed by atoms with Gasteiger partial charge in [-0.2, -0.15) is 4.98 Å². The van der Waals surface area contributed by atoms with E-state index in [1.54, 1.807) is 58.8 Å². The van der Waals surface area contributed by atoms with Crippen molar-refractivity contribution >= 4 is 29.0 Å². The van der Waals surface area contributed by atoms with Gasteiger partial charge in [-0.05, 0) is 19.1 Å². The van der Waals surface area contributed by atoms with E-state index in [2.05, 4.69) is 25.9 Å². The number of carbonyl (C=O) groups excluding carboxylic acids is 1. The van der Waals surface area contributed by atoms with Gasteiger partial charge in [-0.1, -0.05) is 26.0 Å². The van der Waals surface area contributed by atoms with Crippen LogP contribution in [0.25, 0.3) is 0 Å². The predicted molar refractivity (Wildman–Crippen MR) is 131 cm³/mol. The van der Waals surface area contributed by atoms with E-state index in [0.29, 0.717) is 46.0 Å². The number of ether oxygens (including phenoxy) is 3. The molecule has 0 saturated carbocycles. The quantitative estimate of drug-likeness (QED) is 0.451. The number of rotatable bonds is 8. The van der Waals surface area contributed by atoms with Crippen molar-refractivity contribution in [2.45, 2.75) is 20.8 Å². The highest BCUT2D eigenvalue weighted by Gasteiger charge is 2.15. The lowest BCUT2D eigenvalue weighted by atomic mass is 10.1. The maximum absolute atomic E-state index is 12.2. The Morgan fingerprint density at radius 2 is 1.58 bits per heavy atom. The van der Waals surface area contributed by atoms with E-state index >= 15 is 0 Å². The highest BCUT2D eigenvalue weighted by atomic mass is 16.5. The van der Waals surface area contributed by atoms with Gasteiger partial charge >= 0.3 is 0 Å². The Hall–Kier alpha value is -4.01. The normalized spacial score (nSPS) is 9.79. The molecular weight excluding hydrogens is 422 g/mol. The zero-order valence-corrected chi connectivity index (χ0v) is 20.1. The van der Waals surface area contributed by atoms with E-state index in [0.717, 1.165) is 5.56 Å². The SMILES string of the molecule is CC.CNC(=O)c1ccccc1Nc1nc(Nc2cc(OC)c(OC)c(OC)c2)ncc1C. The summed E-state index contributed by atoms with van der Waals surface area (Å²) < 4.78 is 16.1. The number of methoxy groups -OCH3 is 3. The molecule has 1 aromatic heterocycles. The molecule has 1 amide bonds. The Morgan fingerprint density at radius 3 is 2.15 bits per heavy atom. The minimum atomic E-state index is -0.189. The third-order valence-electron chi connectivity index (χ3n) is 4.54. The zero-order chi connectivity index (χ0) is 24.4. The van der Waals surface area contributed by atoms with Gasteiger partial charge in [-0.25, -0.2) is 4.98 Å². The highest BCUT2D eigenvalue weighted by molar-refractivity contribution is 6.00. The van der Waals surface area contributed by atoms with E-state index in [4.69, 9.17) is 14.2 Å². The lowest BCUT2D eigenvalue weighted by Crippen LogP contribution is -2.19. The van der Waals surface area contributed by atoms with Crippen LogP contribution in [0.5, 0.6) is 17.2 Å². The Morgan fingerprint density at radius 1 is 0.939 bits per heavy atom. The Balaban J connectivity index is 0.00000187. The molecule has 0 aliphatic heterocycles. The number of nitrogens with one attached hydrogen (secondary N) is 3. The van der Waals surface area contributed by atoms with Crippen LogP contribution in [0, 0.1) is 6.92 Å². The van der Waals surface area contributed by atoms with Crippen LogP contribution < -0.4 is 30.2 Å². The maximum atomic E-state index is 12.2. The fourth-order valence-electron chi connectivity index (χ4n) is 2.96. The van der Waals surface area contributed by atoms with Crippen LogP contribution in [-0.4, -0.2) is 44.3 Å². The summed E-state index contributed by atoms with van der Waals surface area (Å²) in [6.07, 6.45) is 1.69.